The fourth-order valence-electron chi connectivity index (χ4n) is 2.47. The van der Waals surface area contributed by atoms with Gasteiger partial charge in [-0.05, 0) is 11.6 Å². The van der Waals surface area contributed by atoms with Crippen LogP contribution < -0.4 is 9.46 Å². The van der Waals surface area contributed by atoms with Gasteiger partial charge in [-0.25, -0.2) is 8.42 Å². The van der Waals surface area contributed by atoms with E-state index in [1.165, 1.54) is 31.6 Å². The van der Waals surface area contributed by atoms with Gasteiger partial charge in [0.1, 0.15) is 10.6 Å². The number of hydrogen-bond donors (Lipinski definition) is 1. The quantitative estimate of drug-likeness (QED) is 0.491. The van der Waals surface area contributed by atoms with Crippen molar-refractivity contribution in [3.63, 3.8) is 0 Å². The van der Waals surface area contributed by atoms with Crippen LogP contribution in [0.4, 0.5) is 11.4 Å². The van der Waals surface area contributed by atoms with E-state index in [1.807, 2.05) is 30.3 Å². The number of nitro benzene ring substituents is 1. The van der Waals surface area contributed by atoms with Crippen LogP contribution in [0, 0.1) is 10.1 Å². The monoisotopic (exact) mass is 388 g/mol. The molecule has 3 rings (SSSR count). The molecule has 0 atom stereocenters. The molecule has 27 heavy (non-hydrogen) atoms. The summed E-state index contributed by atoms with van der Waals surface area (Å²) in [7, 11) is -2.81. The Morgan fingerprint density at radius 2 is 1.96 bits per heavy atom. The molecule has 0 fully saturated rings. The molecule has 1 aromatic heterocycles. The highest BCUT2D eigenvalue weighted by molar-refractivity contribution is 7.92. The van der Waals surface area contributed by atoms with Crippen LogP contribution in [0.3, 0.4) is 0 Å². The number of benzene rings is 2. The summed E-state index contributed by atoms with van der Waals surface area (Å²) in [5, 5.41) is 15.1. The number of rotatable bonds is 7. The highest BCUT2D eigenvalue weighted by atomic mass is 32.2. The summed E-state index contributed by atoms with van der Waals surface area (Å²) in [6, 6.07) is 12.9. The van der Waals surface area contributed by atoms with E-state index < -0.39 is 14.9 Å². The van der Waals surface area contributed by atoms with Crippen LogP contribution in [0.25, 0.3) is 0 Å². The number of anilines is 1. The van der Waals surface area contributed by atoms with E-state index in [9.17, 15) is 18.5 Å². The molecule has 0 spiro atoms. The smallest absolute Gasteiger partial charge is 0.271 e. The number of aromatic nitrogens is 2. The van der Waals surface area contributed by atoms with Gasteiger partial charge in [-0.2, -0.15) is 5.10 Å². The zero-order valence-electron chi connectivity index (χ0n) is 14.3. The molecule has 2 aromatic carbocycles. The van der Waals surface area contributed by atoms with E-state index in [-0.39, 0.29) is 22.0 Å². The molecule has 1 heterocycles. The minimum absolute atomic E-state index is 0.00442. The highest BCUT2D eigenvalue weighted by Crippen LogP contribution is 2.29. The van der Waals surface area contributed by atoms with Gasteiger partial charge in [0.05, 0.1) is 30.5 Å². The molecule has 9 nitrogen and oxygen atoms in total. The van der Waals surface area contributed by atoms with Gasteiger partial charge < -0.3 is 4.74 Å². The first-order valence-corrected chi connectivity index (χ1v) is 9.29. The summed E-state index contributed by atoms with van der Waals surface area (Å²) >= 11 is 0. The van der Waals surface area contributed by atoms with Gasteiger partial charge in [0, 0.05) is 18.3 Å². The van der Waals surface area contributed by atoms with Crippen molar-refractivity contribution in [2.45, 2.75) is 11.4 Å². The Balaban J connectivity index is 1.85. The van der Waals surface area contributed by atoms with Crippen molar-refractivity contribution in [3.8, 4) is 5.75 Å². The Hall–Kier alpha value is -3.40. The lowest BCUT2D eigenvalue weighted by atomic mass is 10.2. The van der Waals surface area contributed by atoms with E-state index in [1.54, 1.807) is 4.68 Å². The van der Waals surface area contributed by atoms with Gasteiger partial charge in [0.25, 0.3) is 15.7 Å². The summed E-state index contributed by atoms with van der Waals surface area (Å²) in [5.41, 5.74) is 0.894. The number of nitrogens with one attached hydrogen (secondary N) is 1. The molecule has 10 heteroatoms. The van der Waals surface area contributed by atoms with Gasteiger partial charge in [0.15, 0.2) is 0 Å². The molecule has 0 aliphatic rings. The van der Waals surface area contributed by atoms with Crippen LogP contribution in [-0.4, -0.2) is 30.2 Å². The fraction of sp³-hybridized carbons (Fsp3) is 0.118. The molecule has 3 aromatic rings. The number of methoxy groups -OCH3 is 1. The maximum atomic E-state index is 12.7. The van der Waals surface area contributed by atoms with Crippen molar-refractivity contribution in [1.29, 1.82) is 0 Å². The van der Waals surface area contributed by atoms with Crippen LogP contribution in [0.15, 0.2) is 65.8 Å². The third kappa shape index (κ3) is 4.23. The number of nitrogens with zero attached hydrogens (tertiary/aromatic N) is 3. The number of non-ortho nitro benzene ring substituents is 1. The predicted molar refractivity (Wildman–Crippen MR) is 98.2 cm³/mol. The first kappa shape index (κ1) is 18.4. The van der Waals surface area contributed by atoms with Crippen molar-refractivity contribution in [3.05, 3.63) is 76.6 Å². The van der Waals surface area contributed by atoms with Gasteiger partial charge in [0.2, 0.25) is 0 Å². The highest BCUT2D eigenvalue weighted by Gasteiger charge is 2.23. The van der Waals surface area contributed by atoms with Crippen molar-refractivity contribution in [1.82, 2.24) is 9.78 Å². The first-order valence-electron chi connectivity index (χ1n) is 7.80. The van der Waals surface area contributed by atoms with E-state index in [0.717, 1.165) is 11.6 Å². The average Bonchev–Trinajstić information content (AvgIpc) is 3.08. The second-order valence-corrected chi connectivity index (χ2v) is 7.26. The summed E-state index contributed by atoms with van der Waals surface area (Å²) in [6.07, 6.45) is 2.90. The maximum Gasteiger partial charge on any atom is 0.271 e. The van der Waals surface area contributed by atoms with Crippen LogP contribution in [0.2, 0.25) is 0 Å². The Morgan fingerprint density at radius 1 is 1.22 bits per heavy atom. The molecule has 0 aliphatic carbocycles. The normalized spacial score (nSPS) is 11.1. The Kier molecular flexibility index (Phi) is 5.08. The molecule has 0 saturated heterocycles. The molecule has 140 valence electrons. The molecule has 0 unspecified atom stereocenters. The second kappa shape index (κ2) is 7.46. The Bertz CT molecular complexity index is 1060. The molecule has 0 amide bonds. The lowest BCUT2D eigenvalue weighted by Gasteiger charge is -2.10. The number of sulfonamides is 1. The van der Waals surface area contributed by atoms with Gasteiger partial charge >= 0.3 is 0 Å². The summed E-state index contributed by atoms with van der Waals surface area (Å²) in [6.45, 7) is 0.475. The standard InChI is InChI=1S/C17H16N4O5S/c1-26-16-8-7-15(21(22)23)9-17(16)27(24,25)19-14-10-18-20(12-14)11-13-5-3-2-4-6-13/h2-10,12,19H,11H2,1H3. The number of hydrogen-bond acceptors (Lipinski definition) is 6. The molecular weight excluding hydrogens is 372 g/mol. The van der Waals surface area contributed by atoms with Gasteiger partial charge in [-0.1, -0.05) is 30.3 Å². The second-order valence-electron chi connectivity index (χ2n) is 5.61. The molecule has 1 N–H and O–H groups in total. The van der Waals surface area contributed by atoms with E-state index in [2.05, 4.69) is 9.82 Å². The van der Waals surface area contributed by atoms with Gasteiger partial charge in [-0.3, -0.25) is 19.5 Å². The molecule has 0 aliphatic heterocycles. The number of nitro groups is 1. The third-order valence-corrected chi connectivity index (χ3v) is 5.12. The van der Waals surface area contributed by atoms with Crippen LogP contribution in [0.1, 0.15) is 5.56 Å². The zero-order chi connectivity index (χ0) is 19.4. The van der Waals surface area contributed by atoms with Crippen molar-refractivity contribution < 1.29 is 18.1 Å². The van der Waals surface area contributed by atoms with E-state index >= 15 is 0 Å². The minimum atomic E-state index is -4.10. The van der Waals surface area contributed by atoms with Crippen LogP contribution in [-0.2, 0) is 16.6 Å². The van der Waals surface area contributed by atoms with Crippen LogP contribution >= 0.6 is 0 Å². The zero-order valence-corrected chi connectivity index (χ0v) is 15.1. The summed E-state index contributed by atoms with van der Waals surface area (Å²) in [4.78, 5) is 9.96. The average molecular weight is 388 g/mol. The Morgan fingerprint density at radius 3 is 2.63 bits per heavy atom. The van der Waals surface area contributed by atoms with E-state index in [0.29, 0.717) is 6.54 Å². The van der Waals surface area contributed by atoms with Crippen molar-refractivity contribution in [2.75, 3.05) is 11.8 Å². The predicted octanol–water partition coefficient (Wildman–Crippen LogP) is 2.65. The van der Waals surface area contributed by atoms with Crippen LogP contribution in [0.5, 0.6) is 5.75 Å². The first-order chi connectivity index (χ1) is 12.9. The molecule has 0 saturated carbocycles. The fourth-order valence-corrected chi connectivity index (χ4v) is 3.69. The molecular formula is C17H16N4O5S. The van der Waals surface area contributed by atoms with Crippen molar-refractivity contribution in [2.24, 2.45) is 0 Å². The summed E-state index contributed by atoms with van der Waals surface area (Å²) < 4.78 is 34.3. The third-order valence-electron chi connectivity index (χ3n) is 3.72. The minimum Gasteiger partial charge on any atom is -0.495 e. The van der Waals surface area contributed by atoms with Gasteiger partial charge in [-0.15, -0.1) is 0 Å². The lowest BCUT2D eigenvalue weighted by molar-refractivity contribution is -0.385. The largest absolute Gasteiger partial charge is 0.495 e. The van der Waals surface area contributed by atoms with Crippen molar-refractivity contribution >= 4 is 21.4 Å². The molecule has 0 bridgehead atoms. The number of ether oxygens (including phenoxy) is 1. The van der Waals surface area contributed by atoms with E-state index in [4.69, 9.17) is 4.74 Å². The topological polar surface area (TPSA) is 116 Å². The SMILES string of the molecule is COc1ccc([N+](=O)[O-])cc1S(=O)(=O)Nc1cnn(Cc2ccccc2)c1. The Labute approximate surface area is 155 Å². The summed E-state index contributed by atoms with van der Waals surface area (Å²) in [5.74, 6) is 0.00442. The lowest BCUT2D eigenvalue weighted by Crippen LogP contribution is -2.14. The maximum absolute atomic E-state index is 12.7. The molecule has 0 radical (unpaired) electrons.